The van der Waals surface area contributed by atoms with E-state index in [4.69, 9.17) is 5.11 Å². The molecule has 0 bridgehead atoms. The quantitative estimate of drug-likeness (QED) is 0.711. The molecule has 0 aliphatic rings. The lowest BCUT2D eigenvalue weighted by Crippen LogP contribution is -2.30. The van der Waals surface area contributed by atoms with Crippen LogP contribution in [0.3, 0.4) is 0 Å². The average molecular weight is 249 g/mol. The molecule has 0 aromatic heterocycles. The Hall–Kier alpha value is -1.18. The number of nitrogens with one attached hydrogen (secondary N) is 1. The summed E-state index contributed by atoms with van der Waals surface area (Å²) in [6, 6.07) is 2.61. The summed E-state index contributed by atoms with van der Waals surface area (Å²) in [6.45, 7) is 1.19. The highest BCUT2D eigenvalue weighted by molar-refractivity contribution is 7.89. The maximum atomic E-state index is 12.8. The molecule has 1 rings (SSSR count). The third-order valence-electron chi connectivity index (χ3n) is 1.78. The molecule has 7 heteroatoms. The summed E-state index contributed by atoms with van der Waals surface area (Å²) in [5, 5.41) is 18.2. The van der Waals surface area contributed by atoms with Crippen molar-refractivity contribution in [3.8, 4) is 5.75 Å². The molecule has 1 atom stereocenters. The van der Waals surface area contributed by atoms with Crippen molar-refractivity contribution in [1.82, 2.24) is 4.72 Å². The Bertz CT molecular complexity index is 472. The van der Waals surface area contributed by atoms with Crippen LogP contribution in [0.5, 0.6) is 5.75 Å². The van der Waals surface area contributed by atoms with Gasteiger partial charge in [0.05, 0.1) is 6.10 Å². The van der Waals surface area contributed by atoms with Crippen LogP contribution in [0.4, 0.5) is 4.39 Å². The van der Waals surface area contributed by atoms with Gasteiger partial charge in [0.25, 0.3) is 0 Å². The third-order valence-corrected chi connectivity index (χ3v) is 3.23. The highest BCUT2D eigenvalue weighted by Crippen LogP contribution is 2.22. The van der Waals surface area contributed by atoms with Crippen molar-refractivity contribution >= 4 is 10.0 Å². The summed E-state index contributed by atoms with van der Waals surface area (Å²) in [5.74, 6) is -1.31. The van der Waals surface area contributed by atoms with Crippen molar-refractivity contribution < 1.29 is 23.0 Å². The number of aromatic hydroxyl groups is 1. The van der Waals surface area contributed by atoms with Gasteiger partial charge >= 0.3 is 0 Å². The van der Waals surface area contributed by atoms with Crippen LogP contribution in [0.25, 0.3) is 0 Å². The normalized spacial score (nSPS) is 13.7. The summed E-state index contributed by atoms with van der Waals surface area (Å²) in [5.41, 5.74) is 0. The number of hydrogen-bond acceptors (Lipinski definition) is 4. The molecule has 0 aliphatic carbocycles. The van der Waals surface area contributed by atoms with Crippen LogP contribution in [0.1, 0.15) is 6.92 Å². The predicted molar refractivity (Wildman–Crippen MR) is 54.9 cm³/mol. The van der Waals surface area contributed by atoms with E-state index in [1.54, 1.807) is 0 Å². The molecule has 0 amide bonds. The Morgan fingerprint density at radius 1 is 1.50 bits per heavy atom. The first-order valence-corrected chi connectivity index (χ1v) is 5.97. The van der Waals surface area contributed by atoms with E-state index in [9.17, 15) is 17.9 Å². The Kier molecular flexibility index (Phi) is 3.84. The van der Waals surface area contributed by atoms with Crippen molar-refractivity contribution in [2.24, 2.45) is 0 Å². The number of rotatable bonds is 4. The first-order valence-electron chi connectivity index (χ1n) is 4.49. The number of benzene rings is 1. The van der Waals surface area contributed by atoms with E-state index in [-0.39, 0.29) is 6.54 Å². The molecular formula is C9H12FNO4S. The molecule has 0 aliphatic heterocycles. The van der Waals surface area contributed by atoms with Gasteiger partial charge in [0.2, 0.25) is 10.0 Å². The second kappa shape index (κ2) is 4.77. The number of aliphatic hydroxyl groups is 1. The SMILES string of the molecule is C[C@@H](O)CNS(=O)(=O)c1cc(F)ccc1O. The number of phenolic OH excluding ortho intramolecular Hbond substituents is 1. The van der Waals surface area contributed by atoms with E-state index in [0.29, 0.717) is 6.07 Å². The van der Waals surface area contributed by atoms with Crippen molar-refractivity contribution in [3.63, 3.8) is 0 Å². The smallest absolute Gasteiger partial charge is 0.244 e. The zero-order chi connectivity index (χ0) is 12.3. The van der Waals surface area contributed by atoms with Crippen molar-refractivity contribution in [1.29, 1.82) is 0 Å². The van der Waals surface area contributed by atoms with Gasteiger partial charge in [0.15, 0.2) is 0 Å². The Morgan fingerprint density at radius 3 is 2.69 bits per heavy atom. The van der Waals surface area contributed by atoms with Gasteiger partial charge in [-0.2, -0.15) is 0 Å². The van der Waals surface area contributed by atoms with Crippen LogP contribution in [-0.4, -0.2) is 31.3 Å². The minimum Gasteiger partial charge on any atom is -0.507 e. The van der Waals surface area contributed by atoms with Gasteiger partial charge in [-0.1, -0.05) is 0 Å². The molecular weight excluding hydrogens is 237 g/mol. The molecule has 0 radical (unpaired) electrons. The second-order valence-corrected chi connectivity index (χ2v) is 5.05. The minimum absolute atomic E-state index is 0.210. The zero-order valence-corrected chi connectivity index (χ0v) is 9.33. The van der Waals surface area contributed by atoms with Gasteiger partial charge in [-0.3, -0.25) is 0 Å². The fraction of sp³-hybridized carbons (Fsp3) is 0.333. The van der Waals surface area contributed by atoms with E-state index < -0.39 is 32.6 Å². The van der Waals surface area contributed by atoms with E-state index in [1.807, 2.05) is 4.72 Å². The van der Waals surface area contributed by atoms with E-state index in [2.05, 4.69) is 0 Å². The van der Waals surface area contributed by atoms with Gasteiger partial charge in [0, 0.05) is 6.54 Å². The van der Waals surface area contributed by atoms with Crippen molar-refractivity contribution in [3.05, 3.63) is 24.0 Å². The first kappa shape index (κ1) is 12.9. The number of aliphatic hydroxyl groups excluding tert-OH is 1. The lowest BCUT2D eigenvalue weighted by atomic mass is 10.3. The number of hydrogen-bond donors (Lipinski definition) is 3. The zero-order valence-electron chi connectivity index (χ0n) is 8.51. The summed E-state index contributed by atoms with van der Waals surface area (Å²) in [4.78, 5) is -0.548. The maximum absolute atomic E-state index is 12.8. The molecule has 0 fully saturated rings. The summed E-state index contributed by atoms with van der Waals surface area (Å²) >= 11 is 0. The maximum Gasteiger partial charge on any atom is 0.244 e. The van der Waals surface area contributed by atoms with Gasteiger partial charge in [-0.05, 0) is 25.1 Å². The molecule has 0 spiro atoms. The van der Waals surface area contributed by atoms with Gasteiger partial charge in [-0.25, -0.2) is 17.5 Å². The fourth-order valence-electron chi connectivity index (χ4n) is 1.01. The predicted octanol–water partition coefficient (Wildman–Crippen LogP) is 0.190. The van der Waals surface area contributed by atoms with Crippen LogP contribution in [0.15, 0.2) is 23.1 Å². The first-order chi connectivity index (χ1) is 7.33. The van der Waals surface area contributed by atoms with Crippen LogP contribution >= 0.6 is 0 Å². The van der Waals surface area contributed by atoms with Gasteiger partial charge in [0.1, 0.15) is 16.5 Å². The Morgan fingerprint density at radius 2 is 2.12 bits per heavy atom. The van der Waals surface area contributed by atoms with E-state index >= 15 is 0 Å². The van der Waals surface area contributed by atoms with Crippen LogP contribution in [0, 0.1) is 5.82 Å². The lowest BCUT2D eigenvalue weighted by molar-refractivity contribution is 0.198. The van der Waals surface area contributed by atoms with E-state index in [1.165, 1.54) is 6.92 Å². The molecule has 0 heterocycles. The fourth-order valence-corrected chi connectivity index (χ4v) is 2.24. The highest BCUT2D eigenvalue weighted by atomic mass is 32.2. The summed E-state index contributed by atoms with van der Waals surface area (Å²) < 4.78 is 38.0. The molecule has 0 unspecified atom stereocenters. The van der Waals surface area contributed by atoms with E-state index in [0.717, 1.165) is 12.1 Å². The number of sulfonamides is 1. The molecule has 16 heavy (non-hydrogen) atoms. The van der Waals surface area contributed by atoms with Crippen LogP contribution in [-0.2, 0) is 10.0 Å². The second-order valence-electron chi connectivity index (χ2n) is 3.31. The average Bonchev–Trinajstić information content (AvgIpc) is 2.19. The van der Waals surface area contributed by atoms with Crippen molar-refractivity contribution in [2.45, 2.75) is 17.9 Å². The number of phenols is 1. The minimum atomic E-state index is -4.01. The number of halogens is 1. The molecule has 0 saturated heterocycles. The lowest BCUT2D eigenvalue weighted by Gasteiger charge is -2.09. The Balaban J connectivity index is 3.02. The molecule has 1 aromatic rings. The standard InChI is InChI=1S/C9H12FNO4S/c1-6(12)5-11-16(14,15)9-4-7(10)2-3-8(9)13/h2-4,6,11-13H,5H2,1H3/t6-/m1/s1. The van der Waals surface area contributed by atoms with Crippen LogP contribution in [0.2, 0.25) is 0 Å². The van der Waals surface area contributed by atoms with Gasteiger partial charge in [-0.15, -0.1) is 0 Å². The third kappa shape index (κ3) is 3.16. The topological polar surface area (TPSA) is 86.6 Å². The largest absolute Gasteiger partial charge is 0.507 e. The molecule has 90 valence electrons. The van der Waals surface area contributed by atoms with Gasteiger partial charge < -0.3 is 10.2 Å². The monoisotopic (exact) mass is 249 g/mol. The molecule has 1 aromatic carbocycles. The molecule has 0 saturated carbocycles. The Labute approximate surface area is 92.6 Å². The summed E-state index contributed by atoms with van der Waals surface area (Å²) in [6.07, 6.45) is -0.870. The highest BCUT2D eigenvalue weighted by Gasteiger charge is 2.19. The van der Waals surface area contributed by atoms with Crippen molar-refractivity contribution in [2.75, 3.05) is 6.54 Å². The molecule has 3 N–H and O–H groups in total. The summed E-state index contributed by atoms with van der Waals surface area (Å²) in [7, 11) is -4.01. The molecule has 5 nitrogen and oxygen atoms in total. The van der Waals surface area contributed by atoms with Crippen LogP contribution < -0.4 is 4.72 Å².